The second-order valence-corrected chi connectivity index (χ2v) is 5.22. The molecule has 1 heterocycles. The molecular formula is C13H19BFNO3. The van der Waals surface area contributed by atoms with Crippen LogP contribution in [0.2, 0.25) is 0 Å². The second kappa shape index (κ2) is 6.01. The van der Waals surface area contributed by atoms with Crippen molar-refractivity contribution < 1.29 is 19.2 Å². The topological polar surface area (TPSA) is 52.9 Å². The zero-order valence-corrected chi connectivity index (χ0v) is 11.2. The number of benzene rings is 1. The molecule has 1 aliphatic heterocycles. The van der Waals surface area contributed by atoms with Crippen molar-refractivity contribution in [3.63, 3.8) is 0 Å². The summed E-state index contributed by atoms with van der Waals surface area (Å²) in [5, 5.41) is 18.2. The molecule has 0 amide bonds. The van der Waals surface area contributed by atoms with Gasteiger partial charge in [0.2, 0.25) is 0 Å². The fraction of sp³-hybridized carbons (Fsp3) is 0.538. The van der Waals surface area contributed by atoms with Gasteiger partial charge in [0.1, 0.15) is 5.82 Å². The van der Waals surface area contributed by atoms with Crippen LogP contribution in [0.15, 0.2) is 18.2 Å². The van der Waals surface area contributed by atoms with Crippen LogP contribution in [0, 0.1) is 5.82 Å². The van der Waals surface area contributed by atoms with E-state index in [9.17, 15) is 4.39 Å². The van der Waals surface area contributed by atoms with E-state index in [0.717, 1.165) is 24.7 Å². The first kappa shape index (κ1) is 14.5. The van der Waals surface area contributed by atoms with Crippen molar-refractivity contribution in [3.8, 4) is 0 Å². The molecular weight excluding hydrogens is 248 g/mol. The summed E-state index contributed by atoms with van der Waals surface area (Å²) in [7, 11) is -1.64. The lowest BCUT2D eigenvalue weighted by Crippen LogP contribution is -2.45. The molecule has 1 aliphatic rings. The number of morpholine rings is 1. The highest BCUT2D eigenvalue weighted by Gasteiger charge is 2.22. The molecule has 4 nitrogen and oxygen atoms in total. The standard InChI is InChI=1S/C13H19BFNO3/c1-9-6-16(7-10(2)19-9)8-11-3-12(14(17)18)5-13(15)4-11/h3-5,9-10,17-18H,6-8H2,1-2H3/t9-,10+. The maximum atomic E-state index is 13.4. The Balaban J connectivity index is 2.10. The predicted molar refractivity (Wildman–Crippen MR) is 71.5 cm³/mol. The average molecular weight is 267 g/mol. The highest BCUT2D eigenvalue weighted by molar-refractivity contribution is 6.58. The third kappa shape index (κ3) is 4.01. The summed E-state index contributed by atoms with van der Waals surface area (Å²) in [5.41, 5.74) is 0.925. The molecule has 0 aromatic heterocycles. The molecule has 1 aromatic rings. The van der Waals surface area contributed by atoms with Crippen molar-refractivity contribution in [1.82, 2.24) is 4.90 Å². The van der Waals surface area contributed by atoms with Crippen molar-refractivity contribution in [1.29, 1.82) is 0 Å². The Kier molecular flexibility index (Phi) is 4.57. The van der Waals surface area contributed by atoms with Gasteiger partial charge in [0.15, 0.2) is 0 Å². The molecule has 0 radical (unpaired) electrons. The smallest absolute Gasteiger partial charge is 0.423 e. The van der Waals surface area contributed by atoms with Crippen LogP contribution in [0.3, 0.4) is 0 Å². The first-order chi connectivity index (χ1) is 8.94. The van der Waals surface area contributed by atoms with Crippen molar-refractivity contribution in [3.05, 3.63) is 29.6 Å². The van der Waals surface area contributed by atoms with Crippen LogP contribution < -0.4 is 5.46 Å². The Hall–Kier alpha value is -0.945. The normalized spacial score (nSPS) is 24.5. The van der Waals surface area contributed by atoms with E-state index in [0.29, 0.717) is 6.54 Å². The fourth-order valence-corrected chi connectivity index (χ4v) is 2.59. The minimum absolute atomic E-state index is 0.153. The van der Waals surface area contributed by atoms with E-state index >= 15 is 0 Å². The number of hydrogen-bond acceptors (Lipinski definition) is 4. The molecule has 2 atom stereocenters. The van der Waals surface area contributed by atoms with Gasteiger partial charge in [0, 0.05) is 19.6 Å². The Morgan fingerprint density at radius 2 is 1.89 bits per heavy atom. The minimum atomic E-state index is -1.64. The number of hydrogen-bond donors (Lipinski definition) is 2. The van der Waals surface area contributed by atoms with Gasteiger partial charge in [-0.15, -0.1) is 0 Å². The van der Waals surface area contributed by atoms with Gasteiger partial charge in [-0.25, -0.2) is 4.39 Å². The Labute approximate surface area is 113 Å². The third-order valence-corrected chi connectivity index (χ3v) is 3.18. The van der Waals surface area contributed by atoms with Crippen LogP contribution in [-0.4, -0.2) is 47.4 Å². The van der Waals surface area contributed by atoms with Crippen LogP contribution in [0.5, 0.6) is 0 Å². The van der Waals surface area contributed by atoms with Gasteiger partial charge in [-0.1, -0.05) is 6.07 Å². The molecule has 0 bridgehead atoms. The summed E-state index contributed by atoms with van der Waals surface area (Å²) >= 11 is 0. The Bertz CT molecular complexity index is 434. The monoisotopic (exact) mass is 267 g/mol. The largest absolute Gasteiger partial charge is 0.488 e. The van der Waals surface area contributed by atoms with E-state index in [1.165, 1.54) is 6.07 Å². The minimum Gasteiger partial charge on any atom is -0.423 e. The Morgan fingerprint density at radius 1 is 1.26 bits per heavy atom. The molecule has 104 valence electrons. The van der Waals surface area contributed by atoms with Crippen LogP contribution in [0.25, 0.3) is 0 Å². The summed E-state index contributed by atoms with van der Waals surface area (Å²) in [5.74, 6) is -0.449. The predicted octanol–water partition coefficient (Wildman–Crippen LogP) is 0.115. The van der Waals surface area contributed by atoms with Gasteiger partial charge in [-0.05, 0) is 37.0 Å². The van der Waals surface area contributed by atoms with Crippen molar-refractivity contribution in [2.45, 2.75) is 32.6 Å². The van der Waals surface area contributed by atoms with Crippen molar-refractivity contribution >= 4 is 12.6 Å². The van der Waals surface area contributed by atoms with E-state index in [1.807, 2.05) is 13.8 Å². The summed E-state index contributed by atoms with van der Waals surface area (Å²) < 4.78 is 19.1. The highest BCUT2D eigenvalue weighted by atomic mass is 19.1. The number of halogens is 1. The van der Waals surface area contributed by atoms with Crippen LogP contribution in [0.4, 0.5) is 4.39 Å². The second-order valence-electron chi connectivity index (χ2n) is 5.22. The molecule has 2 rings (SSSR count). The third-order valence-electron chi connectivity index (χ3n) is 3.18. The molecule has 0 unspecified atom stereocenters. The lowest BCUT2D eigenvalue weighted by Gasteiger charge is -2.35. The lowest BCUT2D eigenvalue weighted by atomic mass is 9.79. The molecule has 19 heavy (non-hydrogen) atoms. The van der Waals surface area contributed by atoms with E-state index in [-0.39, 0.29) is 17.7 Å². The lowest BCUT2D eigenvalue weighted by molar-refractivity contribution is -0.0705. The van der Waals surface area contributed by atoms with E-state index in [4.69, 9.17) is 14.8 Å². The number of nitrogens with zero attached hydrogens (tertiary/aromatic N) is 1. The van der Waals surface area contributed by atoms with Crippen molar-refractivity contribution in [2.24, 2.45) is 0 Å². The first-order valence-electron chi connectivity index (χ1n) is 6.47. The molecule has 1 saturated heterocycles. The quantitative estimate of drug-likeness (QED) is 0.763. The number of rotatable bonds is 3. The number of ether oxygens (including phenoxy) is 1. The first-order valence-corrected chi connectivity index (χ1v) is 6.47. The van der Waals surface area contributed by atoms with Crippen LogP contribution in [-0.2, 0) is 11.3 Å². The summed E-state index contributed by atoms with van der Waals surface area (Å²) in [6.45, 7) is 6.18. The molecule has 1 fully saturated rings. The summed E-state index contributed by atoms with van der Waals surface area (Å²) in [6.07, 6.45) is 0.306. The van der Waals surface area contributed by atoms with Crippen LogP contribution >= 0.6 is 0 Å². The van der Waals surface area contributed by atoms with Crippen molar-refractivity contribution in [2.75, 3.05) is 13.1 Å². The molecule has 2 N–H and O–H groups in total. The average Bonchev–Trinajstić information content (AvgIpc) is 2.26. The van der Waals surface area contributed by atoms with E-state index in [1.54, 1.807) is 6.07 Å². The molecule has 1 aromatic carbocycles. The maximum absolute atomic E-state index is 13.4. The zero-order valence-electron chi connectivity index (χ0n) is 11.2. The molecule has 0 saturated carbocycles. The molecule has 6 heteroatoms. The van der Waals surface area contributed by atoms with Gasteiger partial charge < -0.3 is 14.8 Å². The Morgan fingerprint density at radius 3 is 2.47 bits per heavy atom. The summed E-state index contributed by atoms with van der Waals surface area (Å²) in [6, 6.07) is 4.19. The highest BCUT2D eigenvalue weighted by Crippen LogP contribution is 2.14. The molecule has 0 aliphatic carbocycles. The summed E-state index contributed by atoms with van der Waals surface area (Å²) in [4.78, 5) is 2.18. The van der Waals surface area contributed by atoms with E-state index in [2.05, 4.69) is 4.90 Å². The van der Waals surface area contributed by atoms with E-state index < -0.39 is 12.9 Å². The van der Waals surface area contributed by atoms with Gasteiger partial charge in [-0.2, -0.15) is 0 Å². The van der Waals surface area contributed by atoms with Crippen LogP contribution in [0.1, 0.15) is 19.4 Å². The van der Waals surface area contributed by atoms with Gasteiger partial charge in [0.25, 0.3) is 0 Å². The van der Waals surface area contributed by atoms with Gasteiger partial charge >= 0.3 is 7.12 Å². The zero-order chi connectivity index (χ0) is 14.0. The SMILES string of the molecule is C[C@@H]1CN(Cc2cc(F)cc(B(O)O)c2)C[C@H](C)O1. The molecule has 0 spiro atoms. The van der Waals surface area contributed by atoms with Gasteiger partial charge in [-0.3, -0.25) is 4.90 Å². The maximum Gasteiger partial charge on any atom is 0.488 e. The fourth-order valence-electron chi connectivity index (χ4n) is 2.59. The van der Waals surface area contributed by atoms with Gasteiger partial charge in [0.05, 0.1) is 12.2 Å².